The van der Waals surface area contributed by atoms with Gasteiger partial charge in [-0.2, -0.15) is 0 Å². The lowest BCUT2D eigenvalue weighted by molar-refractivity contribution is 0.0782. The Bertz CT molecular complexity index is 396. The van der Waals surface area contributed by atoms with Gasteiger partial charge in [0.05, 0.1) is 16.6 Å². The highest BCUT2D eigenvalue weighted by molar-refractivity contribution is 9.10. The van der Waals surface area contributed by atoms with Crippen molar-refractivity contribution in [3.05, 3.63) is 33.8 Å². The highest BCUT2D eigenvalue weighted by Crippen LogP contribution is 2.23. The molecule has 0 saturated heterocycles. The zero-order chi connectivity index (χ0) is 14.3. The van der Waals surface area contributed by atoms with Gasteiger partial charge in [0.2, 0.25) is 0 Å². The van der Waals surface area contributed by atoms with Gasteiger partial charge < -0.3 is 4.74 Å². The molecule has 1 rings (SSSR count). The maximum atomic E-state index is 13.7. The molecular formula is C15H21BrF2O. The van der Waals surface area contributed by atoms with Crippen molar-refractivity contribution < 1.29 is 13.5 Å². The number of halogens is 3. The molecule has 0 aliphatic carbocycles. The van der Waals surface area contributed by atoms with Crippen LogP contribution in [-0.2, 0) is 11.3 Å². The summed E-state index contributed by atoms with van der Waals surface area (Å²) >= 11 is 3.05. The molecule has 1 aromatic rings. The van der Waals surface area contributed by atoms with E-state index in [9.17, 15) is 8.78 Å². The summed E-state index contributed by atoms with van der Waals surface area (Å²) in [6.45, 7) is 4.81. The van der Waals surface area contributed by atoms with E-state index >= 15 is 0 Å². The molecule has 1 unspecified atom stereocenters. The molecule has 1 nitrogen and oxygen atoms in total. The van der Waals surface area contributed by atoms with Crippen molar-refractivity contribution >= 4 is 15.9 Å². The Morgan fingerprint density at radius 2 is 2.00 bits per heavy atom. The van der Waals surface area contributed by atoms with Gasteiger partial charge in [-0.15, -0.1) is 0 Å². The number of unbranched alkanes of at least 4 members (excludes halogenated alkanes) is 1. The van der Waals surface area contributed by atoms with Gasteiger partial charge in [0.15, 0.2) is 0 Å². The van der Waals surface area contributed by atoms with Gasteiger partial charge in [-0.25, -0.2) is 8.78 Å². The van der Waals surface area contributed by atoms with Crippen molar-refractivity contribution in [1.82, 2.24) is 0 Å². The van der Waals surface area contributed by atoms with Crippen LogP contribution in [0.15, 0.2) is 16.6 Å². The first-order chi connectivity index (χ1) is 9.10. The van der Waals surface area contributed by atoms with Gasteiger partial charge in [-0.3, -0.25) is 0 Å². The van der Waals surface area contributed by atoms with Crippen LogP contribution < -0.4 is 0 Å². The third kappa shape index (κ3) is 5.19. The molecule has 4 heteroatoms. The average Bonchev–Trinajstić information content (AvgIpc) is 2.41. The molecule has 0 amide bonds. The Labute approximate surface area is 122 Å². The molecule has 0 aliphatic rings. The molecule has 1 aromatic carbocycles. The molecule has 0 saturated carbocycles. The highest BCUT2D eigenvalue weighted by atomic mass is 79.9. The van der Waals surface area contributed by atoms with Gasteiger partial charge >= 0.3 is 0 Å². The van der Waals surface area contributed by atoms with Crippen LogP contribution in [0.3, 0.4) is 0 Å². The lowest BCUT2D eigenvalue weighted by Crippen LogP contribution is -2.10. The number of rotatable bonds is 8. The van der Waals surface area contributed by atoms with Crippen LogP contribution in [0.1, 0.15) is 45.1 Å². The summed E-state index contributed by atoms with van der Waals surface area (Å²) in [5, 5.41) is 0. The topological polar surface area (TPSA) is 9.23 Å². The fourth-order valence-electron chi connectivity index (χ4n) is 1.93. The molecule has 1 atom stereocenters. The van der Waals surface area contributed by atoms with Crippen LogP contribution in [0.5, 0.6) is 0 Å². The van der Waals surface area contributed by atoms with Gasteiger partial charge in [-0.05, 0) is 40.4 Å². The molecule has 0 fully saturated rings. The Hall–Kier alpha value is -0.480. The van der Waals surface area contributed by atoms with E-state index in [-0.39, 0.29) is 16.6 Å². The summed E-state index contributed by atoms with van der Waals surface area (Å²) in [5.74, 6) is -0.651. The van der Waals surface area contributed by atoms with Crippen LogP contribution in [0.25, 0.3) is 0 Å². The van der Waals surface area contributed by atoms with E-state index in [1.165, 1.54) is 18.6 Å². The number of hydrogen-bond acceptors (Lipinski definition) is 1. The fraction of sp³-hybridized carbons (Fsp3) is 0.600. The van der Waals surface area contributed by atoms with E-state index in [1.807, 2.05) is 0 Å². The minimum atomic E-state index is -0.568. The first kappa shape index (κ1) is 16.6. The molecule has 0 radical (unpaired) electrons. The third-order valence-electron chi connectivity index (χ3n) is 3.28. The van der Waals surface area contributed by atoms with Crippen molar-refractivity contribution in [3.63, 3.8) is 0 Å². The second kappa shape index (κ2) is 8.64. The molecule has 0 aromatic heterocycles. The zero-order valence-electron chi connectivity index (χ0n) is 11.5. The molecule has 19 heavy (non-hydrogen) atoms. The molecular weight excluding hydrogens is 314 g/mol. The molecule has 0 N–H and O–H groups in total. The molecule has 0 bridgehead atoms. The summed E-state index contributed by atoms with van der Waals surface area (Å²) in [4.78, 5) is 0. The normalized spacial score (nSPS) is 12.7. The Kier molecular flexibility index (Phi) is 7.54. The number of ether oxygens (including phenoxy) is 1. The van der Waals surface area contributed by atoms with Gasteiger partial charge in [0.25, 0.3) is 0 Å². The first-order valence-electron chi connectivity index (χ1n) is 6.80. The predicted molar refractivity (Wildman–Crippen MR) is 77.0 cm³/mol. The minimum Gasteiger partial charge on any atom is -0.376 e. The lowest BCUT2D eigenvalue weighted by atomic mass is 10.0. The van der Waals surface area contributed by atoms with Gasteiger partial charge in [0, 0.05) is 6.61 Å². The summed E-state index contributed by atoms with van der Waals surface area (Å²) in [5.41, 5.74) is -0.000260. The Morgan fingerprint density at radius 3 is 2.63 bits per heavy atom. The quantitative estimate of drug-likeness (QED) is 0.573. The number of benzene rings is 1. The van der Waals surface area contributed by atoms with E-state index in [4.69, 9.17) is 4.74 Å². The maximum Gasteiger partial charge on any atom is 0.145 e. The van der Waals surface area contributed by atoms with Crippen molar-refractivity contribution in [1.29, 1.82) is 0 Å². The Balaban J connectivity index is 2.50. The largest absolute Gasteiger partial charge is 0.376 e. The third-order valence-corrected chi connectivity index (χ3v) is 3.89. The molecule has 0 spiro atoms. The lowest BCUT2D eigenvalue weighted by Gasteiger charge is -2.15. The van der Waals surface area contributed by atoms with Crippen LogP contribution in [0.2, 0.25) is 0 Å². The summed E-state index contributed by atoms with van der Waals surface area (Å²) in [6.07, 6.45) is 4.47. The van der Waals surface area contributed by atoms with Gasteiger partial charge in [-0.1, -0.05) is 33.1 Å². The van der Waals surface area contributed by atoms with Crippen molar-refractivity contribution in [2.75, 3.05) is 6.61 Å². The number of hydrogen-bond donors (Lipinski definition) is 0. The maximum absolute atomic E-state index is 13.7. The zero-order valence-corrected chi connectivity index (χ0v) is 13.1. The Morgan fingerprint density at radius 1 is 1.26 bits per heavy atom. The van der Waals surface area contributed by atoms with Crippen LogP contribution >= 0.6 is 15.9 Å². The standard InChI is InChI=1S/C15H21BrF2O/c1-3-5-6-11(4-2)9-19-10-12-14(17)8-7-13(16)15(12)18/h7-8,11H,3-6,9-10H2,1-2H3. The van der Waals surface area contributed by atoms with Crippen LogP contribution in [-0.4, -0.2) is 6.61 Å². The smallest absolute Gasteiger partial charge is 0.145 e. The minimum absolute atomic E-state index is 0.000260. The van der Waals surface area contributed by atoms with E-state index in [0.717, 1.165) is 19.3 Å². The van der Waals surface area contributed by atoms with Crippen molar-refractivity contribution in [3.8, 4) is 0 Å². The second-order valence-electron chi connectivity index (χ2n) is 4.75. The molecule has 0 heterocycles. The highest BCUT2D eigenvalue weighted by Gasteiger charge is 2.13. The predicted octanol–water partition coefficient (Wildman–Crippen LogP) is 5.46. The first-order valence-corrected chi connectivity index (χ1v) is 7.59. The summed E-state index contributed by atoms with van der Waals surface area (Å²) in [6, 6.07) is 2.62. The molecule has 0 aliphatic heterocycles. The fourth-order valence-corrected chi connectivity index (χ4v) is 2.30. The van der Waals surface area contributed by atoms with E-state index in [2.05, 4.69) is 29.8 Å². The van der Waals surface area contributed by atoms with E-state index in [1.54, 1.807) is 0 Å². The van der Waals surface area contributed by atoms with Gasteiger partial charge in [0.1, 0.15) is 11.6 Å². The van der Waals surface area contributed by atoms with E-state index < -0.39 is 11.6 Å². The second-order valence-corrected chi connectivity index (χ2v) is 5.61. The van der Waals surface area contributed by atoms with Crippen LogP contribution in [0, 0.1) is 17.6 Å². The molecule has 108 valence electrons. The average molecular weight is 335 g/mol. The van der Waals surface area contributed by atoms with E-state index in [0.29, 0.717) is 12.5 Å². The summed E-state index contributed by atoms with van der Waals surface area (Å²) in [7, 11) is 0. The SMILES string of the molecule is CCCCC(CC)COCc1c(F)ccc(Br)c1F. The summed E-state index contributed by atoms with van der Waals surface area (Å²) < 4.78 is 33.0. The van der Waals surface area contributed by atoms with Crippen LogP contribution in [0.4, 0.5) is 8.78 Å². The van der Waals surface area contributed by atoms with Crippen molar-refractivity contribution in [2.24, 2.45) is 5.92 Å². The monoisotopic (exact) mass is 334 g/mol. The van der Waals surface area contributed by atoms with Crippen molar-refractivity contribution in [2.45, 2.75) is 46.1 Å².